The molecule has 1 aromatic carbocycles. The van der Waals surface area contributed by atoms with Gasteiger partial charge in [-0.05, 0) is 19.2 Å². The van der Waals surface area contributed by atoms with Crippen molar-refractivity contribution in [1.82, 2.24) is 9.88 Å². The van der Waals surface area contributed by atoms with Crippen LogP contribution in [0.1, 0.15) is 5.56 Å². The number of thiazole rings is 1. The van der Waals surface area contributed by atoms with Gasteiger partial charge < -0.3 is 15.5 Å². The van der Waals surface area contributed by atoms with E-state index < -0.39 is 0 Å². The van der Waals surface area contributed by atoms with Gasteiger partial charge in [0.2, 0.25) is 5.13 Å². The second kappa shape index (κ2) is 7.29. The van der Waals surface area contributed by atoms with Crippen LogP contribution in [0.2, 0.25) is 0 Å². The summed E-state index contributed by atoms with van der Waals surface area (Å²) in [5.41, 5.74) is 10.8. The van der Waals surface area contributed by atoms with Gasteiger partial charge in [-0.1, -0.05) is 22.0 Å². The molecule has 1 aliphatic heterocycles. The fourth-order valence-corrected chi connectivity index (χ4v) is 3.34. The Balaban J connectivity index is 1.75. The van der Waals surface area contributed by atoms with Crippen molar-refractivity contribution in [3.63, 3.8) is 0 Å². The maximum atomic E-state index is 5.60. The van der Waals surface area contributed by atoms with Crippen LogP contribution in [-0.4, -0.2) is 49.3 Å². The van der Waals surface area contributed by atoms with Crippen molar-refractivity contribution >= 4 is 50.1 Å². The number of rotatable bonds is 4. The first kappa shape index (κ1) is 16.2. The highest BCUT2D eigenvalue weighted by atomic mass is 79.9. The van der Waals surface area contributed by atoms with E-state index in [0.29, 0.717) is 10.9 Å². The fraction of sp³-hybridized carbons (Fsp3) is 0.333. The molecular formula is C15H19BrN6S. The van der Waals surface area contributed by atoms with Crippen LogP contribution < -0.4 is 16.1 Å². The van der Waals surface area contributed by atoms with Crippen molar-refractivity contribution in [3.8, 4) is 0 Å². The minimum Gasteiger partial charge on any atom is -0.383 e. The van der Waals surface area contributed by atoms with Gasteiger partial charge in [-0.15, -0.1) is 11.3 Å². The van der Waals surface area contributed by atoms with Crippen LogP contribution in [0.4, 0.5) is 16.6 Å². The van der Waals surface area contributed by atoms with Crippen LogP contribution in [-0.2, 0) is 0 Å². The lowest BCUT2D eigenvalue weighted by Gasteiger charge is -2.34. The zero-order chi connectivity index (χ0) is 16.2. The number of benzene rings is 1. The molecule has 122 valence electrons. The average molecular weight is 395 g/mol. The summed E-state index contributed by atoms with van der Waals surface area (Å²) < 4.78 is 1.07. The molecule has 0 atom stereocenters. The fourth-order valence-electron chi connectivity index (χ4n) is 2.44. The van der Waals surface area contributed by atoms with Gasteiger partial charge in [-0.3, -0.25) is 5.43 Å². The Labute approximate surface area is 148 Å². The van der Waals surface area contributed by atoms with Gasteiger partial charge >= 0.3 is 0 Å². The van der Waals surface area contributed by atoms with E-state index in [4.69, 9.17) is 5.73 Å². The summed E-state index contributed by atoms with van der Waals surface area (Å²) in [6.45, 7) is 4.17. The SMILES string of the molecule is CN1CCN(c2cc(Br)ccc2C=NNc2nc(N)cs2)CC1. The number of nitrogens with zero attached hydrogens (tertiary/aromatic N) is 4. The number of halogens is 1. The van der Waals surface area contributed by atoms with Gasteiger partial charge in [0.1, 0.15) is 5.82 Å². The van der Waals surface area contributed by atoms with Gasteiger partial charge in [-0.25, -0.2) is 4.98 Å². The number of hydrogen-bond acceptors (Lipinski definition) is 7. The van der Waals surface area contributed by atoms with Crippen LogP contribution in [0.5, 0.6) is 0 Å². The molecule has 0 aliphatic carbocycles. The number of hydrogen-bond donors (Lipinski definition) is 2. The van der Waals surface area contributed by atoms with Crippen molar-refractivity contribution in [2.24, 2.45) is 5.10 Å². The summed E-state index contributed by atoms with van der Waals surface area (Å²) in [5.74, 6) is 0.509. The van der Waals surface area contributed by atoms with E-state index in [-0.39, 0.29) is 0 Å². The van der Waals surface area contributed by atoms with Gasteiger partial charge in [0.25, 0.3) is 0 Å². The average Bonchev–Trinajstić information content (AvgIpc) is 2.95. The number of anilines is 3. The molecule has 1 aliphatic rings. The highest BCUT2D eigenvalue weighted by Gasteiger charge is 2.16. The zero-order valence-corrected chi connectivity index (χ0v) is 15.3. The van der Waals surface area contributed by atoms with E-state index in [9.17, 15) is 0 Å². The van der Waals surface area contributed by atoms with E-state index in [0.717, 1.165) is 36.2 Å². The normalized spacial score (nSPS) is 16.2. The number of nitrogens with one attached hydrogen (secondary N) is 1. The van der Waals surface area contributed by atoms with Crippen LogP contribution in [0.25, 0.3) is 0 Å². The number of aromatic nitrogens is 1. The highest BCUT2D eigenvalue weighted by molar-refractivity contribution is 9.10. The number of nitrogen functional groups attached to an aromatic ring is 1. The van der Waals surface area contributed by atoms with Crippen LogP contribution in [0.3, 0.4) is 0 Å². The van der Waals surface area contributed by atoms with E-state index in [1.54, 1.807) is 5.38 Å². The van der Waals surface area contributed by atoms with Gasteiger partial charge in [0.15, 0.2) is 0 Å². The lowest BCUT2D eigenvalue weighted by molar-refractivity contribution is 0.313. The number of piperazine rings is 1. The first-order valence-electron chi connectivity index (χ1n) is 7.35. The molecule has 2 heterocycles. The second-order valence-electron chi connectivity index (χ2n) is 5.44. The smallest absolute Gasteiger partial charge is 0.205 e. The number of hydrazone groups is 1. The minimum atomic E-state index is 0.509. The topological polar surface area (TPSA) is 69.8 Å². The third kappa shape index (κ3) is 4.21. The van der Waals surface area contributed by atoms with Gasteiger partial charge in [-0.2, -0.15) is 5.10 Å². The number of likely N-dealkylation sites (N-methyl/N-ethyl adjacent to an activating group) is 1. The lowest BCUT2D eigenvalue weighted by atomic mass is 10.1. The molecule has 8 heteroatoms. The molecule has 6 nitrogen and oxygen atoms in total. The summed E-state index contributed by atoms with van der Waals surface area (Å²) in [5, 5.41) is 6.77. The standard InChI is InChI=1S/C15H19BrN6S/c1-21-4-6-22(7-5-21)13-8-12(16)3-2-11(13)9-18-20-15-19-14(17)10-23-15/h2-3,8-10H,4-7,17H2,1H3,(H,19,20). The maximum Gasteiger partial charge on any atom is 0.205 e. The lowest BCUT2D eigenvalue weighted by Crippen LogP contribution is -2.44. The zero-order valence-electron chi connectivity index (χ0n) is 12.9. The van der Waals surface area contributed by atoms with Crippen molar-refractivity contribution < 1.29 is 0 Å². The van der Waals surface area contributed by atoms with Crippen molar-refractivity contribution in [2.75, 3.05) is 49.3 Å². The molecule has 1 fully saturated rings. The molecular weight excluding hydrogens is 376 g/mol. The Morgan fingerprint density at radius 1 is 1.35 bits per heavy atom. The van der Waals surface area contributed by atoms with Crippen LogP contribution >= 0.6 is 27.3 Å². The molecule has 0 spiro atoms. The summed E-state index contributed by atoms with van der Waals surface area (Å²) in [6.07, 6.45) is 1.83. The third-order valence-electron chi connectivity index (χ3n) is 3.72. The molecule has 3 rings (SSSR count). The Bertz CT molecular complexity index is 693. The Morgan fingerprint density at radius 2 is 2.13 bits per heavy atom. The molecule has 23 heavy (non-hydrogen) atoms. The van der Waals surface area contributed by atoms with E-state index >= 15 is 0 Å². The predicted molar refractivity (Wildman–Crippen MR) is 102 cm³/mol. The molecule has 0 unspecified atom stereocenters. The van der Waals surface area contributed by atoms with E-state index in [1.807, 2.05) is 12.3 Å². The molecule has 1 aromatic heterocycles. The molecule has 2 aromatic rings. The van der Waals surface area contributed by atoms with Crippen molar-refractivity contribution in [3.05, 3.63) is 33.6 Å². The first-order valence-corrected chi connectivity index (χ1v) is 9.02. The van der Waals surface area contributed by atoms with Gasteiger partial charge in [0, 0.05) is 47.3 Å². The number of nitrogens with two attached hydrogens (primary N) is 1. The second-order valence-corrected chi connectivity index (χ2v) is 7.21. The quantitative estimate of drug-likeness (QED) is 0.616. The monoisotopic (exact) mass is 394 g/mol. The van der Waals surface area contributed by atoms with Crippen molar-refractivity contribution in [2.45, 2.75) is 0 Å². The van der Waals surface area contributed by atoms with Gasteiger partial charge in [0.05, 0.1) is 6.21 Å². The molecule has 0 saturated carbocycles. The van der Waals surface area contributed by atoms with E-state index in [1.165, 1.54) is 17.0 Å². The van der Waals surface area contributed by atoms with Crippen LogP contribution in [0, 0.1) is 0 Å². The summed E-state index contributed by atoms with van der Waals surface area (Å²) >= 11 is 5.00. The Hall–Kier alpha value is -1.64. The first-order chi connectivity index (χ1) is 11.1. The van der Waals surface area contributed by atoms with E-state index in [2.05, 4.69) is 60.4 Å². The molecule has 1 saturated heterocycles. The summed E-state index contributed by atoms with van der Waals surface area (Å²) in [7, 11) is 2.16. The van der Waals surface area contributed by atoms with Crippen molar-refractivity contribution in [1.29, 1.82) is 0 Å². The molecule has 0 radical (unpaired) electrons. The third-order valence-corrected chi connectivity index (χ3v) is 4.98. The summed E-state index contributed by atoms with van der Waals surface area (Å²) in [6, 6.07) is 6.25. The van der Waals surface area contributed by atoms with Crippen LogP contribution in [0.15, 0.2) is 33.2 Å². The minimum absolute atomic E-state index is 0.509. The Kier molecular flexibility index (Phi) is 5.14. The Morgan fingerprint density at radius 3 is 2.83 bits per heavy atom. The molecule has 3 N–H and O–H groups in total. The largest absolute Gasteiger partial charge is 0.383 e. The molecule has 0 amide bonds. The maximum absolute atomic E-state index is 5.60. The summed E-state index contributed by atoms with van der Waals surface area (Å²) in [4.78, 5) is 8.86. The highest BCUT2D eigenvalue weighted by Crippen LogP contribution is 2.25. The predicted octanol–water partition coefficient (Wildman–Crippen LogP) is 2.69. The molecule has 0 bridgehead atoms.